The van der Waals surface area contributed by atoms with Crippen LogP contribution in [0.25, 0.3) is 0 Å². The molecule has 0 saturated carbocycles. The molecule has 4 nitrogen and oxygen atoms in total. The van der Waals surface area contributed by atoms with Crippen molar-refractivity contribution in [1.82, 2.24) is 0 Å². The standard InChI is InChI=1S/C21H22Cl2O4/c1-14(7-8-20(24)25)11-16-5-3-4-6-19(16)26-9-10-27-21-17(22)12-15(2)13-18(21)23/h3-6,12-13H,1,7-11H2,2H3,(H,24,25)/p-1. The van der Waals surface area contributed by atoms with Gasteiger partial charge < -0.3 is 19.4 Å². The van der Waals surface area contributed by atoms with Crippen molar-refractivity contribution in [2.75, 3.05) is 13.2 Å². The van der Waals surface area contributed by atoms with Gasteiger partial charge in [-0.15, -0.1) is 0 Å². The molecule has 0 N–H and O–H groups in total. The van der Waals surface area contributed by atoms with E-state index in [0.717, 1.165) is 16.7 Å². The summed E-state index contributed by atoms with van der Waals surface area (Å²) in [6.45, 7) is 6.42. The van der Waals surface area contributed by atoms with Gasteiger partial charge in [-0.25, -0.2) is 0 Å². The van der Waals surface area contributed by atoms with Crippen LogP contribution in [0, 0.1) is 6.92 Å². The Balaban J connectivity index is 1.89. The maximum absolute atomic E-state index is 10.6. The van der Waals surface area contributed by atoms with Crippen LogP contribution in [0.15, 0.2) is 48.6 Å². The fourth-order valence-electron chi connectivity index (χ4n) is 2.55. The first-order chi connectivity index (χ1) is 12.9. The van der Waals surface area contributed by atoms with E-state index in [4.69, 9.17) is 32.7 Å². The first-order valence-corrected chi connectivity index (χ1v) is 9.28. The van der Waals surface area contributed by atoms with E-state index in [1.165, 1.54) is 0 Å². The normalized spacial score (nSPS) is 10.5. The van der Waals surface area contributed by atoms with Crippen molar-refractivity contribution in [3.05, 3.63) is 69.7 Å². The minimum absolute atomic E-state index is 0.0340. The molecule has 0 radical (unpaired) electrons. The van der Waals surface area contributed by atoms with Crippen molar-refractivity contribution in [1.29, 1.82) is 0 Å². The Hall–Kier alpha value is -2.17. The first-order valence-electron chi connectivity index (χ1n) is 8.52. The van der Waals surface area contributed by atoms with Crippen LogP contribution in [0.4, 0.5) is 0 Å². The summed E-state index contributed by atoms with van der Waals surface area (Å²) in [5, 5.41) is 11.5. The number of rotatable bonds is 10. The molecule has 0 amide bonds. The minimum atomic E-state index is -1.08. The SMILES string of the molecule is C=C(CCC(=O)[O-])Cc1ccccc1OCCOc1c(Cl)cc(C)cc1Cl. The van der Waals surface area contributed by atoms with E-state index in [1.807, 2.05) is 31.2 Å². The highest BCUT2D eigenvalue weighted by Crippen LogP contribution is 2.34. The summed E-state index contributed by atoms with van der Waals surface area (Å²) in [5.74, 6) is 0.0690. The molecule has 6 heteroatoms. The molecule has 0 aliphatic carbocycles. The third kappa shape index (κ3) is 6.81. The number of ether oxygens (including phenoxy) is 2. The van der Waals surface area contributed by atoms with E-state index in [1.54, 1.807) is 12.1 Å². The average Bonchev–Trinajstić information content (AvgIpc) is 2.59. The molecular formula is C21H21Cl2O4-. The predicted octanol–water partition coefficient (Wildman–Crippen LogP) is 4.39. The summed E-state index contributed by atoms with van der Waals surface area (Å²) >= 11 is 12.3. The molecule has 27 heavy (non-hydrogen) atoms. The van der Waals surface area contributed by atoms with Crippen molar-refractivity contribution in [2.45, 2.75) is 26.2 Å². The number of carbonyl (C=O) groups excluding carboxylic acids is 1. The van der Waals surface area contributed by atoms with Crippen molar-refractivity contribution < 1.29 is 19.4 Å². The summed E-state index contributed by atoms with van der Waals surface area (Å²) in [6, 6.07) is 11.1. The first kappa shape index (κ1) is 21.1. The Morgan fingerprint density at radius 2 is 1.70 bits per heavy atom. The number of hydrogen-bond donors (Lipinski definition) is 0. The van der Waals surface area contributed by atoms with Crippen LogP contribution >= 0.6 is 23.2 Å². The van der Waals surface area contributed by atoms with Gasteiger partial charge in [0.2, 0.25) is 0 Å². The summed E-state index contributed by atoms with van der Waals surface area (Å²) < 4.78 is 11.5. The quantitative estimate of drug-likeness (QED) is 0.432. The van der Waals surface area contributed by atoms with Gasteiger partial charge >= 0.3 is 0 Å². The second kappa shape index (κ2) is 10.2. The highest BCUT2D eigenvalue weighted by atomic mass is 35.5. The maximum Gasteiger partial charge on any atom is 0.156 e. The molecule has 0 bridgehead atoms. The Bertz CT molecular complexity index is 795. The van der Waals surface area contributed by atoms with Crippen LogP contribution in [0.1, 0.15) is 24.0 Å². The molecule has 2 aromatic carbocycles. The summed E-state index contributed by atoms with van der Waals surface area (Å²) in [7, 11) is 0. The highest BCUT2D eigenvalue weighted by molar-refractivity contribution is 6.37. The van der Waals surface area contributed by atoms with Crippen LogP contribution in [0.5, 0.6) is 11.5 Å². The van der Waals surface area contributed by atoms with Gasteiger partial charge in [-0.1, -0.05) is 53.6 Å². The van der Waals surface area contributed by atoms with Gasteiger partial charge in [-0.2, -0.15) is 0 Å². The molecule has 0 aliphatic heterocycles. The molecule has 0 aliphatic rings. The Labute approximate surface area is 169 Å². The zero-order valence-corrected chi connectivity index (χ0v) is 16.6. The highest BCUT2D eigenvalue weighted by Gasteiger charge is 2.09. The van der Waals surface area contributed by atoms with Crippen LogP contribution in [-0.4, -0.2) is 19.2 Å². The third-order valence-electron chi connectivity index (χ3n) is 3.83. The number of allylic oxidation sites excluding steroid dienone is 1. The largest absolute Gasteiger partial charge is 0.550 e. The number of halogens is 2. The molecule has 0 atom stereocenters. The lowest BCUT2D eigenvalue weighted by Crippen LogP contribution is -2.21. The monoisotopic (exact) mass is 407 g/mol. The van der Waals surface area contributed by atoms with Gasteiger partial charge in [0.05, 0.1) is 10.0 Å². The lowest BCUT2D eigenvalue weighted by atomic mass is 10.0. The molecule has 0 fully saturated rings. The van der Waals surface area contributed by atoms with E-state index >= 15 is 0 Å². The van der Waals surface area contributed by atoms with E-state index in [2.05, 4.69) is 6.58 Å². The zero-order valence-electron chi connectivity index (χ0n) is 15.1. The fraction of sp³-hybridized carbons (Fsp3) is 0.286. The summed E-state index contributed by atoms with van der Waals surface area (Å²) in [6.07, 6.45) is 0.887. The molecule has 0 unspecified atom stereocenters. The minimum Gasteiger partial charge on any atom is -0.550 e. The van der Waals surface area contributed by atoms with Gasteiger partial charge in [-0.05, 0) is 55.5 Å². The van der Waals surface area contributed by atoms with Crippen molar-refractivity contribution in [2.24, 2.45) is 0 Å². The van der Waals surface area contributed by atoms with Gasteiger partial charge in [0.1, 0.15) is 19.0 Å². The number of carbonyl (C=O) groups is 1. The number of benzene rings is 2. The van der Waals surface area contributed by atoms with E-state index in [-0.39, 0.29) is 13.0 Å². The molecule has 0 spiro atoms. The smallest absolute Gasteiger partial charge is 0.156 e. The number of carboxylic acid groups (broad SMARTS) is 1. The van der Waals surface area contributed by atoms with Gasteiger partial charge in [-0.3, -0.25) is 0 Å². The van der Waals surface area contributed by atoms with Gasteiger partial charge in [0.25, 0.3) is 0 Å². The lowest BCUT2D eigenvalue weighted by molar-refractivity contribution is -0.305. The van der Waals surface area contributed by atoms with Crippen LogP contribution in [0.2, 0.25) is 10.0 Å². The molecule has 0 aromatic heterocycles. The van der Waals surface area contributed by atoms with E-state index in [0.29, 0.717) is 41.0 Å². The molecule has 144 valence electrons. The van der Waals surface area contributed by atoms with Crippen LogP contribution in [-0.2, 0) is 11.2 Å². The summed E-state index contributed by atoms with van der Waals surface area (Å²) in [4.78, 5) is 10.6. The van der Waals surface area contributed by atoms with Crippen LogP contribution < -0.4 is 14.6 Å². The molecular weight excluding hydrogens is 387 g/mol. The Morgan fingerprint density at radius 1 is 1.07 bits per heavy atom. The lowest BCUT2D eigenvalue weighted by Gasteiger charge is -2.14. The number of para-hydroxylation sites is 1. The molecule has 0 heterocycles. The Morgan fingerprint density at radius 3 is 2.37 bits per heavy atom. The fourth-order valence-corrected chi connectivity index (χ4v) is 3.25. The van der Waals surface area contributed by atoms with Crippen LogP contribution in [0.3, 0.4) is 0 Å². The molecule has 0 saturated heterocycles. The van der Waals surface area contributed by atoms with Gasteiger partial charge in [0.15, 0.2) is 5.75 Å². The van der Waals surface area contributed by atoms with Crippen molar-refractivity contribution in [3.63, 3.8) is 0 Å². The number of aryl methyl sites for hydroxylation is 1. The molecule has 2 aromatic rings. The second-order valence-corrected chi connectivity index (χ2v) is 6.98. The van der Waals surface area contributed by atoms with Crippen molar-refractivity contribution in [3.8, 4) is 11.5 Å². The zero-order chi connectivity index (χ0) is 19.8. The van der Waals surface area contributed by atoms with E-state index < -0.39 is 5.97 Å². The molecule has 2 rings (SSSR count). The topological polar surface area (TPSA) is 58.6 Å². The maximum atomic E-state index is 10.6. The van der Waals surface area contributed by atoms with E-state index in [9.17, 15) is 9.90 Å². The number of aliphatic carboxylic acids is 1. The Kier molecular flexibility index (Phi) is 8.01. The average molecular weight is 408 g/mol. The number of hydrogen-bond acceptors (Lipinski definition) is 4. The van der Waals surface area contributed by atoms with Crippen molar-refractivity contribution >= 4 is 29.2 Å². The predicted molar refractivity (Wildman–Crippen MR) is 106 cm³/mol. The number of carboxylic acids is 1. The van der Waals surface area contributed by atoms with Gasteiger partial charge in [0, 0.05) is 5.97 Å². The third-order valence-corrected chi connectivity index (χ3v) is 4.39. The summed E-state index contributed by atoms with van der Waals surface area (Å²) in [5.41, 5.74) is 2.71. The second-order valence-electron chi connectivity index (χ2n) is 6.16.